The Labute approximate surface area is 209 Å². The third kappa shape index (κ3) is 5.66. The Bertz CT molecular complexity index is 1330. The van der Waals surface area contributed by atoms with E-state index in [4.69, 9.17) is 23.2 Å². The first-order chi connectivity index (χ1) is 16.6. The van der Waals surface area contributed by atoms with E-state index in [0.717, 1.165) is 18.9 Å². The second-order valence-electron chi connectivity index (χ2n) is 8.18. The number of nitriles is 1. The number of carbonyl (C=O) groups excluding carboxylic acids is 1. The first-order valence-electron chi connectivity index (χ1n) is 10.5. The van der Waals surface area contributed by atoms with E-state index >= 15 is 0 Å². The summed E-state index contributed by atoms with van der Waals surface area (Å²) in [6, 6.07) is 9.13. The van der Waals surface area contributed by atoms with Gasteiger partial charge in [-0.15, -0.1) is 5.10 Å². The maximum Gasteiger partial charge on any atom is 0.399 e. The van der Waals surface area contributed by atoms with Crippen LogP contribution in [0.2, 0.25) is 10.0 Å². The third-order valence-electron chi connectivity index (χ3n) is 5.49. The summed E-state index contributed by atoms with van der Waals surface area (Å²) in [5.74, 6) is -1.98. The van der Waals surface area contributed by atoms with Crippen molar-refractivity contribution in [1.82, 2.24) is 14.8 Å². The third-order valence-corrected chi connectivity index (χ3v) is 6.38. The topological polar surface area (TPSA) is 83.6 Å². The van der Waals surface area contributed by atoms with Gasteiger partial charge in [0.05, 0.1) is 27.2 Å². The van der Waals surface area contributed by atoms with Crippen molar-refractivity contribution in [2.75, 3.05) is 5.32 Å². The average molecular weight is 520 g/mol. The molecule has 1 heterocycles. The van der Waals surface area contributed by atoms with Gasteiger partial charge in [-0.05, 0) is 54.7 Å². The fourth-order valence-corrected chi connectivity index (χ4v) is 3.87. The lowest BCUT2D eigenvalue weighted by atomic mass is 9.95. The Morgan fingerprint density at radius 3 is 2.66 bits per heavy atom. The van der Waals surface area contributed by atoms with Crippen LogP contribution in [-0.2, 0) is 4.79 Å². The van der Waals surface area contributed by atoms with E-state index in [9.17, 15) is 23.2 Å². The molecule has 0 aliphatic heterocycles. The SMILES string of the molecule is Cc1cc(C(/C=C/c2ccc(-n3cnc(NC(=O)C4CC4)n3)c(C#N)c2)C(F)(F)F)cc(Cl)c1Cl. The Balaban J connectivity index is 1.59. The van der Waals surface area contributed by atoms with Crippen LogP contribution in [0.1, 0.15) is 41.0 Å². The van der Waals surface area contributed by atoms with E-state index in [2.05, 4.69) is 15.4 Å². The maximum atomic E-state index is 13.8. The van der Waals surface area contributed by atoms with Crippen molar-refractivity contribution in [2.45, 2.75) is 31.9 Å². The normalized spacial score (nSPS) is 14.7. The summed E-state index contributed by atoms with van der Waals surface area (Å²) in [7, 11) is 0. The van der Waals surface area contributed by atoms with Crippen LogP contribution in [0.5, 0.6) is 0 Å². The molecule has 1 aliphatic carbocycles. The molecular weight excluding hydrogens is 502 g/mol. The van der Waals surface area contributed by atoms with E-state index in [0.29, 0.717) is 16.8 Å². The van der Waals surface area contributed by atoms with Gasteiger partial charge in [-0.3, -0.25) is 10.1 Å². The largest absolute Gasteiger partial charge is 0.399 e. The number of nitrogens with one attached hydrogen (secondary N) is 1. The Morgan fingerprint density at radius 2 is 2.03 bits per heavy atom. The predicted molar refractivity (Wildman–Crippen MR) is 126 cm³/mol. The van der Waals surface area contributed by atoms with E-state index < -0.39 is 12.1 Å². The highest BCUT2D eigenvalue weighted by Crippen LogP contribution is 2.39. The molecule has 1 atom stereocenters. The lowest BCUT2D eigenvalue weighted by molar-refractivity contribution is -0.139. The van der Waals surface area contributed by atoms with Crippen LogP contribution >= 0.6 is 23.2 Å². The first-order valence-corrected chi connectivity index (χ1v) is 11.3. The lowest BCUT2D eigenvalue weighted by Crippen LogP contribution is -2.19. The van der Waals surface area contributed by atoms with Gasteiger partial charge in [0.1, 0.15) is 12.4 Å². The van der Waals surface area contributed by atoms with Crippen LogP contribution in [0.4, 0.5) is 19.1 Å². The number of alkyl halides is 3. The molecule has 1 amide bonds. The number of halogens is 5. The maximum absolute atomic E-state index is 13.8. The molecule has 1 aromatic heterocycles. The van der Waals surface area contributed by atoms with Crippen molar-refractivity contribution in [2.24, 2.45) is 5.92 Å². The van der Waals surface area contributed by atoms with Crippen molar-refractivity contribution in [1.29, 1.82) is 5.26 Å². The molecule has 11 heteroatoms. The molecule has 2 aromatic carbocycles. The molecule has 180 valence electrons. The zero-order valence-electron chi connectivity index (χ0n) is 18.3. The molecule has 35 heavy (non-hydrogen) atoms. The van der Waals surface area contributed by atoms with Crippen LogP contribution in [0.15, 0.2) is 42.7 Å². The highest BCUT2D eigenvalue weighted by atomic mass is 35.5. The number of aromatic nitrogens is 3. The molecule has 4 rings (SSSR count). The van der Waals surface area contributed by atoms with Crippen molar-refractivity contribution >= 4 is 41.1 Å². The van der Waals surface area contributed by atoms with Crippen LogP contribution in [0.25, 0.3) is 11.8 Å². The standard InChI is InChI=1S/C24H18Cl2F3N5O/c1-13-8-16(10-19(25)21(13)26)18(24(27,28)29)6-2-14-3-7-20(17(9-14)11-30)34-12-31-23(33-34)32-22(35)15-4-5-15/h2-3,6-10,12,15,18H,4-5H2,1H3,(H,32,33,35)/b6-2+. The van der Waals surface area contributed by atoms with E-state index in [1.807, 2.05) is 6.07 Å². The molecule has 0 radical (unpaired) electrons. The van der Waals surface area contributed by atoms with Crippen molar-refractivity contribution in [3.05, 3.63) is 75.0 Å². The van der Waals surface area contributed by atoms with Gasteiger partial charge in [-0.2, -0.15) is 23.4 Å². The Kier molecular flexibility index (Phi) is 6.88. The van der Waals surface area contributed by atoms with Gasteiger partial charge in [0, 0.05) is 5.92 Å². The molecular formula is C24H18Cl2F3N5O. The van der Waals surface area contributed by atoms with Gasteiger partial charge in [0.15, 0.2) is 0 Å². The van der Waals surface area contributed by atoms with Crippen molar-refractivity contribution in [3.8, 4) is 11.8 Å². The van der Waals surface area contributed by atoms with Crippen LogP contribution in [0.3, 0.4) is 0 Å². The number of aryl methyl sites for hydroxylation is 1. The molecule has 1 fully saturated rings. The number of hydrogen-bond acceptors (Lipinski definition) is 4. The molecule has 3 aromatic rings. The fourth-order valence-electron chi connectivity index (χ4n) is 3.49. The van der Waals surface area contributed by atoms with Gasteiger partial charge in [-0.1, -0.05) is 47.5 Å². The summed E-state index contributed by atoms with van der Waals surface area (Å²) in [6.07, 6.45) is 0.750. The summed E-state index contributed by atoms with van der Waals surface area (Å²) in [5.41, 5.74) is 1.33. The Hall–Kier alpha value is -3.35. The van der Waals surface area contributed by atoms with Gasteiger partial charge in [-0.25, -0.2) is 4.68 Å². The minimum atomic E-state index is -4.57. The number of amides is 1. The molecule has 1 aliphatic rings. The molecule has 0 bridgehead atoms. The molecule has 1 unspecified atom stereocenters. The summed E-state index contributed by atoms with van der Waals surface area (Å²) in [5, 5.41) is 16.6. The highest BCUT2D eigenvalue weighted by molar-refractivity contribution is 6.42. The number of nitrogens with zero attached hydrogens (tertiary/aromatic N) is 4. The average Bonchev–Trinajstić information content (AvgIpc) is 3.56. The van der Waals surface area contributed by atoms with Crippen LogP contribution in [0, 0.1) is 24.2 Å². The number of anilines is 1. The van der Waals surface area contributed by atoms with Gasteiger partial charge in [0.25, 0.3) is 0 Å². The van der Waals surface area contributed by atoms with Crippen LogP contribution < -0.4 is 5.32 Å². The van der Waals surface area contributed by atoms with Crippen LogP contribution in [-0.4, -0.2) is 26.8 Å². The number of benzene rings is 2. The first kappa shape index (κ1) is 24.8. The summed E-state index contributed by atoms with van der Waals surface area (Å²) < 4.78 is 42.8. The summed E-state index contributed by atoms with van der Waals surface area (Å²) >= 11 is 12.0. The molecule has 1 N–H and O–H groups in total. The van der Waals surface area contributed by atoms with Gasteiger partial charge < -0.3 is 0 Å². The zero-order chi connectivity index (χ0) is 25.3. The van der Waals surface area contributed by atoms with E-state index in [1.54, 1.807) is 19.1 Å². The zero-order valence-corrected chi connectivity index (χ0v) is 19.8. The van der Waals surface area contributed by atoms with Crippen molar-refractivity contribution in [3.63, 3.8) is 0 Å². The van der Waals surface area contributed by atoms with Gasteiger partial charge in [0.2, 0.25) is 11.9 Å². The Morgan fingerprint density at radius 1 is 1.29 bits per heavy atom. The second-order valence-corrected chi connectivity index (χ2v) is 8.96. The van der Waals surface area contributed by atoms with E-state index in [1.165, 1.54) is 35.3 Å². The summed E-state index contributed by atoms with van der Waals surface area (Å²) in [4.78, 5) is 15.9. The van der Waals surface area contributed by atoms with Crippen molar-refractivity contribution < 1.29 is 18.0 Å². The molecule has 0 saturated heterocycles. The number of rotatable bonds is 6. The monoisotopic (exact) mass is 519 g/mol. The molecule has 0 spiro atoms. The minimum Gasteiger partial charge on any atom is -0.293 e. The number of hydrogen-bond donors (Lipinski definition) is 1. The summed E-state index contributed by atoms with van der Waals surface area (Å²) in [6.45, 7) is 1.58. The minimum absolute atomic E-state index is 0.0176. The fraction of sp³-hybridized carbons (Fsp3) is 0.250. The van der Waals surface area contributed by atoms with E-state index in [-0.39, 0.29) is 38.9 Å². The predicted octanol–water partition coefficient (Wildman–Crippen LogP) is 6.46. The molecule has 1 saturated carbocycles. The lowest BCUT2D eigenvalue weighted by Gasteiger charge is -2.19. The number of allylic oxidation sites excluding steroid dienone is 1. The quantitative estimate of drug-likeness (QED) is 0.404. The van der Waals surface area contributed by atoms with Gasteiger partial charge >= 0.3 is 6.18 Å². The second kappa shape index (κ2) is 9.72. The molecule has 6 nitrogen and oxygen atoms in total. The smallest absolute Gasteiger partial charge is 0.293 e. The highest BCUT2D eigenvalue weighted by Gasteiger charge is 2.39. The number of carbonyl (C=O) groups is 1.